The van der Waals surface area contributed by atoms with Crippen LogP contribution in [0.3, 0.4) is 0 Å². The molecule has 0 amide bonds. The Hall–Kier alpha value is -2.66. The number of methoxy groups -OCH3 is 1. The highest BCUT2D eigenvalue weighted by atomic mass is 19.1. The highest BCUT2D eigenvalue weighted by Gasteiger charge is 2.30. The molecule has 0 spiro atoms. The summed E-state index contributed by atoms with van der Waals surface area (Å²) in [5.41, 5.74) is 4.06. The zero-order chi connectivity index (χ0) is 18.8. The second-order valence-corrected chi connectivity index (χ2v) is 7.07. The van der Waals surface area contributed by atoms with Crippen molar-refractivity contribution in [1.29, 1.82) is 0 Å². The minimum absolute atomic E-state index is 0.254. The van der Waals surface area contributed by atoms with E-state index in [0.717, 1.165) is 35.7 Å². The van der Waals surface area contributed by atoms with Crippen LogP contribution in [0.4, 0.5) is 4.39 Å². The van der Waals surface area contributed by atoms with E-state index in [1.54, 1.807) is 19.2 Å². The number of nitrogens with zero attached hydrogens (tertiary/aromatic N) is 2. The average Bonchev–Trinajstić information content (AvgIpc) is 3.48. The van der Waals surface area contributed by atoms with Gasteiger partial charge in [-0.25, -0.2) is 4.39 Å². The molecule has 4 nitrogen and oxygen atoms in total. The van der Waals surface area contributed by atoms with E-state index in [4.69, 9.17) is 9.26 Å². The summed E-state index contributed by atoms with van der Waals surface area (Å²) in [6.07, 6.45) is 2.44. The molecule has 0 unspecified atom stereocenters. The van der Waals surface area contributed by atoms with Crippen molar-refractivity contribution in [1.82, 2.24) is 10.1 Å². The molecule has 1 aromatic heterocycles. The van der Waals surface area contributed by atoms with E-state index in [1.807, 2.05) is 19.1 Å². The summed E-state index contributed by atoms with van der Waals surface area (Å²) in [5.74, 6) is 1.33. The summed E-state index contributed by atoms with van der Waals surface area (Å²) in [6, 6.07) is 15.1. The Kier molecular flexibility index (Phi) is 4.94. The second kappa shape index (κ2) is 7.53. The standard InChI is InChI=1S/C22H23FN2O2/c1-15-21(24-27-22(15)17-5-7-18(23)8-6-17)14-25(19-9-10-19)13-16-3-11-20(26-2)12-4-16/h3-8,11-12,19H,9-10,13-14H2,1-2H3. The molecule has 27 heavy (non-hydrogen) atoms. The lowest BCUT2D eigenvalue weighted by molar-refractivity contribution is 0.237. The van der Waals surface area contributed by atoms with Gasteiger partial charge in [0.05, 0.1) is 7.11 Å². The fourth-order valence-electron chi connectivity index (χ4n) is 3.30. The second-order valence-electron chi connectivity index (χ2n) is 7.07. The first-order valence-corrected chi connectivity index (χ1v) is 9.22. The Morgan fingerprint density at radius 1 is 1.07 bits per heavy atom. The van der Waals surface area contributed by atoms with Crippen molar-refractivity contribution in [2.24, 2.45) is 0 Å². The van der Waals surface area contributed by atoms with Crippen molar-refractivity contribution >= 4 is 0 Å². The van der Waals surface area contributed by atoms with Gasteiger partial charge in [-0.1, -0.05) is 17.3 Å². The van der Waals surface area contributed by atoms with Gasteiger partial charge in [-0.15, -0.1) is 0 Å². The van der Waals surface area contributed by atoms with Crippen molar-refractivity contribution in [2.75, 3.05) is 7.11 Å². The van der Waals surface area contributed by atoms with Gasteiger partial charge in [-0.05, 0) is 61.7 Å². The van der Waals surface area contributed by atoms with Crippen LogP contribution in [0.2, 0.25) is 0 Å². The fourth-order valence-corrected chi connectivity index (χ4v) is 3.30. The van der Waals surface area contributed by atoms with E-state index in [2.05, 4.69) is 22.2 Å². The molecule has 0 atom stereocenters. The highest BCUT2D eigenvalue weighted by Crippen LogP contribution is 2.32. The van der Waals surface area contributed by atoms with Gasteiger partial charge in [-0.3, -0.25) is 4.90 Å². The van der Waals surface area contributed by atoms with Crippen molar-refractivity contribution in [3.05, 3.63) is 71.2 Å². The van der Waals surface area contributed by atoms with E-state index < -0.39 is 0 Å². The van der Waals surface area contributed by atoms with Crippen molar-refractivity contribution in [3.63, 3.8) is 0 Å². The lowest BCUT2D eigenvalue weighted by atomic mass is 10.1. The first kappa shape index (κ1) is 17.7. The van der Waals surface area contributed by atoms with Crippen LogP contribution in [0.25, 0.3) is 11.3 Å². The van der Waals surface area contributed by atoms with Crippen LogP contribution in [-0.4, -0.2) is 23.2 Å². The predicted molar refractivity (Wildman–Crippen MR) is 102 cm³/mol. The van der Waals surface area contributed by atoms with E-state index in [9.17, 15) is 4.39 Å². The van der Waals surface area contributed by atoms with Crippen LogP contribution in [0.1, 0.15) is 29.7 Å². The van der Waals surface area contributed by atoms with E-state index in [0.29, 0.717) is 11.8 Å². The summed E-state index contributed by atoms with van der Waals surface area (Å²) in [4.78, 5) is 2.45. The molecule has 1 fully saturated rings. The third-order valence-electron chi connectivity index (χ3n) is 5.09. The molecule has 0 radical (unpaired) electrons. The monoisotopic (exact) mass is 366 g/mol. The number of benzene rings is 2. The lowest BCUT2D eigenvalue weighted by Crippen LogP contribution is -2.25. The summed E-state index contributed by atoms with van der Waals surface area (Å²) in [6.45, 7) is 3.63. The van der Waals surface area contributed by atoms with Gasteiger partial charge < -0.3 is 9.26 Å². The van der Waals surface area contributed by atoms with Crippen LogP contribution < -0.4 is 4.74 Å². The van der Waals surface area contributed by atoms with E-state index in [-0.39, 0.29) is 5.82 Å². The number of ether oxygens (including phenoxy) is 1. The Bertz CT molecular complexity index is 899. The minimum atomic E-state index is -0.254. The van der Waals surface area contributed by atoms with Crippen LogP contribution >= 0.6 is 0 Å². The lowest BCUT2D eigenvalue weighted by Gasteiger charge is -2.21. The molecule has 140 valence electrons. The van der Waals surface area contributed by atoms with Gasteiger partial charge in [0.15, 0.2) is 5.76 Å². The van der Waals surface area contributed by atoms with Gasteiger partial charge in [0.2, 0.25) is 0 Å². The van der Waals surface area contributed by atoms with Gasteiger partial charge in [0, 0.05) is 30.3 Å². The average molecular weight is 366 g/mol. The summed E-state index contributed by atoms with van der Waals surface area (Å²) >= 11 is 0. The Morgan fingerprint density at radius 2 is 1.78 bits per heavy atom. The van der Waals surface area contributed by atoms with Gasteiger partial charge >= 0.3 is 0 Å². The topological polar surface area (TPSA) is 38.5 Å². The normalized spacial score (nSPS) is 13.9. The van der Waals surface area contributed by atoms with Gasteiger partial charge in [-0.2, -0.15) is 0 Å². The number of aromatic nitrogens is 1. The third-order valence-corrected chi connectivity index (χ3v) is 5.09. The Morgan fingerprint density at radius 3 is 2.41 bits per heavy atom. The van der Waals surface area contributed by atoms with Crippen LogP contribution in [0.15, 0.2) is 53.1 Å². The first-order valence-electron chi connectivity index (χ1n) is 9.22. The molecule has 4 rings (SSSR count). The summed E-state index contributed by atoms with van der Waals surface area (Å²) < 4.78 is 24.0. The molecule has 5 heteroatoms. The third kappa shape index (κ3) is 4.03. The smallest absolute Gasteiger partial charge is 0.170 e. The zero-order valence-corrected chi connectivity index (χ0v) is 15.6. The maximum atomic E-state index is 13.2. The number of hydrogen-bond donors (Lipinski definition) is 0. The quantitative estimate of drug-likeness (QED) is 0.592. The molecule has 1 heterocycles. The Labute approximate surface area is 158 Å². The molecule has 1 saturated carbocycles. The first-order chi connectivity index (χ1) is 13.1. The highest BCUT2D eigenvalue weighted by molar-refractivity contribution is 5.61. The molecule has 2 aromatic carbocycles. The fraction of sp³-hybridized carbons (Fsp3) is 0.318. The molecule has 1 aliphatic carbocycles. The van der Waals surface area contributed by atoms with Crippen LogP contribution in [0, 0.1) is 12.7 Å². The van der Waals surface area contributed by atoms with Gasteiger partial charge in [0.25, 0.3) is 0 Å². The maximum Gasteiger partial charge on any atom is 0.170 e. The predicted octanol–water partition coefficient (Wildman–Crippen LogP) is 4.96. The molecule has 0 bridgehead atoms. The van der Waals surface area contributed by atoms with E-state index in [1.165, 1.54) is 30.5 Å². The summed E-state index contributed by atoms with van der Waals surface area (Å²) in [7, 11) is 1.68. The van der Waals surface area contributed by atoms with Crippen LogP contribution in [-0.2, 0) is 13.1 Å². The Balaban J connectivity index is 1.51. The minimum Gasteiger partial charge on any atom is -0.497 e. The SMILES string of the molecule is COc1ccc(CN(Cc2noc(-c3ccc(F)cc3)c2C)C2CC2)cc1. The van der Waals surface area contributed by atoms with Crippen molar-refractivity contribution in [3.8, 4) is 17.1 Å². The van der Waals surface area contributed by atoms with Crippen LogP contribution in [0.5, 0.6) is 5.75 Å². The largest absolute Gasteiger partial charge is 0.497 e. The van der Waals surface area contributed by atoms with Crippen molar-refractivity contribution in [2.45, 2.75) is 38.9 Å². The number of hydrogen-bond acceptors (Lipinski definition) is 4. The number of rotatable bonds is 7. The molecular formula is C22H23FN2O2. The maximum absolute atomic E-state index is 13.2. The number of halogens is 1. The van der Waals surface area contributed by atoms with E-state index >= 15 is 0 Å². The molecule has 0 aliphatic heterocycles. The summed E-state index contributed by atoms with van der Waals surface area (Å²) in [5, 5.41) is 4.30. The molecule has 3 aromatic rings. The molecule has 0 N–H and O–H groups in total. The van der Waals surface area contributed by atoms with Crippen molar-refractivity contribution < 1.29 is 13.7 Å². The molecular weight excluding hydrogens is 343 g/mol. The molecule has 1 aliphatic rings. The molecule has 0 saturated heterocycles. The zero-order valence-electron chi connectivity index (χ0n) is 15.6. The van der Waals surface area contributed by atoms with Gasteiger partial charge in [0.1, 0.15) is 17.3 Å².